The van der Waals surface area contributed by atoms with E-state index in [1.165, 1.54) is 0 Å². The monoisotopic (exact) mass is 272 g/mol. The number of hydrogen-bond acceptors (Lipinski definition) is 3. The summed E-state index contributed by atoms with van der Waals surface area (Å²) in [7, 11) is 0. The van der Waals surface area contributed by atoms with Gasteiger partial charge in [0.25, 0.3) is 0 Å². The molecule has 0 bridgehead atoms. The number of hydrogen-bond donors (Lipinski definition) is 4. The number of nitrogen functional groups attached to an aromatic ring is 1. The van der Waals surface area contributed by atoms with Crippen molar-refractivity contribution in [2.45, 2.75) is 0 Å². The third kappa shape index (κ3) is 4.07. The summed E-state index contributed by atoms with van der Waals surface area (Å²) in [5, 5.41) is 5.61. The predicted molar refractivity (Wildman–Crippen MR) is 64.6 cm³/mol. The molecule has 0 atom stereocenters. The lowest BCUT2D eigenvalue weighted by atomic mass is 10.3. The molecule has 6 N–H and O–H groups in total. The number of anilines is 2. The molecule has 5 nitrogen and oxygen atoms in total. The van der Waals surface area contributed by atoms with Gasteiger partial charge in [-0.1, -0.05) is 0 Å². The summed E-state index contributed by atoms with van der Waals surface area (Å²) in [4.78, 5) is 10.4. The van der Waals surface area contributed by atoms with Crippen molar-refractivity contribution in [3.05, 3.63) is 22.7 Å². The van der Waals surface area contributed by atoms with Crippen molar-refractivity contribution in [2.75, 3.05) is 24.1 Å². The maximum atomic E-state index is 10.4. The minimum Gasteiger partial charge on any atom is -0.399 e. The third-order valence-corrected chi connectivity index (χ3v) is 2.39. The predicted octanol–water partition coefficient (Wildman–Crippen LogP) is 1.11. The Hall–Kier alpha value is -1.43. The van der Waals surface area contributed by atoms with E-state index in [0.717, 1.165) is 10.2 Å². The average molecular weight is 273 g/mol. The Kier molecular flexibility index (Phi) is 4.23. The molecule has 0 fully saturated rings. The molecule has 0 aliphatic rings. The second-order valence-electron chi connectivity index (χ2n) is 2.96. The molecule has 15 heavy (non-hydrogen) atoms. The zero-order valence-electron chi connectivity index (χ0n) is 8.09. The number of nitrogens with one attached hydrogen (secondary N) is 2. The van der Waals surface area contributed by atoms with Crippen molar-refractivity contribution < 1.29 is 4.79 Å². The van der Waals surface area contributed by atoms with Crippen LogP contribution in [0.4, 0.5) is 16.2 Å². The smallest absolute Gasteiger partial charge is 0.312 e. The van der Waals surface area contributed by atoms with Gasteiger partial charge in [0.05, 0.1) is 0 Å². The van der Waals surface area contributed by atoms with E-state index < -0.39 is 6.03 Å². The SMILES string of the molecule is NC(=O)NCCNc1ccc(N)cc1Br. The Morgan fingerprint density at radius 3 is 2.73 bits per heavy atom. The molecule has 1 aromatic carbocycles. The topological polar surface area (TPSA) is 93.2 Å². The van der Waals surface area contributed by atoms with E-state index in [1.807, 2.05) is 12.1 Å². The Balaban J connectivity index is 2.40. The van der Waals surface area contributed by atoms with Gasteiger partial charge in [0.2, 0.25) is 0 Å². The summed E-state index contributed by atoms with van der Waals surface area (Å²) in [6.45, 7) is 1.08. The van der Waals surface area contributed by atoms with Gasteiger partial charge in [-0.2, -0.15) is 0 Å². The maximum absolute atomic E-state index is 10.4. The molecule has 0 saturated heterocycles. The molecule has 1 aromatic rings. The van der Waals surface area contributed by atoms with E-state index in [1.54, 1.807) is 6.07 Å². The second-order valence-corrected chi connectivity index (χ2v) is 3.81. The van der Waals surface area contributed by atoms with Gasteiger partial charge in [-0.25, -0.2) is 4.79 Å². The van der Waals surface area contributed by atoms with Crippen LogP contribution in [0.2, 0.25) is 0 Å². The van der Waals surface area contributed by atoms with Crippen LogP contribution in [-0.2, 0) is 0 Å². The quantitative estimate of drug-likeness (QED) is 0.489. The van der Waals surface area contributed by atoms with Crippen molar-refractivity contribution in [3.63, 3.8) is 0 Å². The van der Waals surface area contributed by atoms with Gasteiger partial charge in [-0.3, -0.25) is 0 Å². The van der Waals surface area contributed by atoms with Crippen LogP contribution in [0.1, 0.15) is 0 Å². The highest BCUT2D eigenvalue weighted by Crippen LogP contribution is 2.24. The van der Waals surface area contributed by atoms with Crippen LogP contribution < -0.4 is 22.1 Å². The summed E-state index contributed by atoms with van der Waals surface area (Å²) >= 11 is 3.37. The van der Waals surface area contributed by atoms with Gasteiger partial charge in [0, 0.05) is 28.9 Å². The molecule has 0 spiro atoms. The number of primary amides is 1. The van der Waals surface area contributed by atoms with Crippen molar-refractivity contribution >= 4 is 33.3 Å². The summed E-state index contributed by atoms with van der Waals surface area (Å²) < 4.78 is 0.890. The number of rotatable bonds is 4. The number of carbonyl (C=O) groups is 1. The van der Waals surface area contributed by atoms with Crippen LogP contribution in [0.25, 0.3) is 0 Å². The molecule has 0 aliphatic carbocycles. The Labute approximate surface area is 96.3 Å². The molecule has 2 amide bonds. The van der Waals surface area contributed by atoms with Gasteiger partial charge in [0.1, 0.15) is 0 Å². The first-order valence-corrected chi connectivity index (χ1v) is 5.21. The zero-order chi connectivity index (χ0) is 11.3. The highest BCUT2D eigenvalue weighted by atomic mass is 79.9. The number of halogens is 1. The molecule has 0 unspecified atom stereocenters. The standard InChI is InChI=1S/C9H13BrN4O/c10-7-5-6(11)1-2-8(7)13-3-4-14-9(12)15/h1-2,5,13H,3-4,11H2,(H3,12,14,15). The highest BCUT2D eigenvalue weighted by Gasteiger charge is 1.99. The average Bonchev–Trinajstić information content (AvgIpc) is 2.14. The minimum absolute atomic E-state index is 0.478. The fraction of sp³-hybridized carbons (Fsp3) is 0.222. The molecule has 1 rings (SSSR count). The first-order valence-electron chi connectivity index (χ1n) is 4.42. The lowest BCUT2D eigenvalue weighted by Gasteiger charge is -2.09. The molecule has 82 valence electrons. The Bertz CT molecular complexity index is 356. The molecular weight excluding hydrogens is 260 g/mol. The number of nitrogens with two attached hydrogens (primary N) is 2. The van der Waals surface area contributed by atoms with E-state index in [9.17, 15) is 4.79 Å². The first kappa shape index (κ1) is 11.6. The normalized spacial score (nSPS) is 9.67. The molecule has 0 aromatic heterocycles. The fourth-order valence-corrected chi connectivity index (χ4v) is 1.59. The highest BCUT2D eigenvalue weighted by molar-refractivity contribution is 9.10. The zero-order valence-corrected chi connectivity index (χ0v) is 9.67. The fourth-order valence-electron chi connectivity index (χ4n) is 1.06. The van der Waals surface area contributed by atoms with Crippen LogP contribution in [0.5, 0.6) is 0 Å². The molecule has 0 aliphatic heterocycles. The van der Waals surface area contributed by atoms with Crippen molar-refractivity contribution in [1.29, 1.82) is 0 Å². The molecular formula is C9H13BrN4O. The van der Waals surface area contributed by atoms with E-state index in [2.05, 4.69) is 26.6 Å². The van der Waals surface area contributed by atoms with Crippen LogP contribution in [0, 0.1) is 0 Å². The van der Waals surface area contributed by atoms with Crippen LogP contribution >= 0.6 is 15.9 Å². The van der Waals surface area contributed by atoms with Gasteiger partial charge < -0.3 is 22.1 Å². The number of amides is 2. The summed E-state index contributed by atoms with van der Waals surface area (Å²) in [6.07, 6.45) is 0. The molecule has 0 radical (unpaired) electrons. The van der Waals surface area contributed by atoms with Crippen molar-refractivity contribution in [2.24, 2.45) is 5.73 Å². The van der Waals surface area contributed by atoms with E-state index >= 15 is 0 Å². The van der Waals surface area contributed by atoms with Crippen molar-refractivity contribution in [3.8, 4) is 0 Å². The van der Waals surface area contributed by atoms with Gasteiger partial charge in [-0.05, 0) is 34.1 Å². The first-order chi connectivity index (χ1) is 7.09. The van der Waals surface area contributed by atoms with Crippen LogP contribution in [-0.4, -0.2) is 19.1 Å². The third-order valence-electron chi connectivity index (χ3n) is 1.73. The summed E-state index contributed by atoms with van der Waals surface area (Å²) in [5.41, 5.74) is 12.1. The summed E-state index contributed by atoms with van der Waals surface area (Å²) in [6, 6.07) is 4.95. The second kappa shape index (κ2) is 5.45. The number of benzene rings is 1. The molecule has 0 saturated carbocycles. The van der Waals surface area contributed by atoms with E-state index in [-0.39, 0.29) is 0 Å². The maximum Gasteiger partial charge on any atom is 0.312 e. The number of carbonyl (C=O) groups excluding carboxylic acids is 1. The lowest BCUT2D eigenvalue weighted by molar-refractivity contribution is 0.249. The van der Waals surface area contributed by atoms with Gasteiger partial charge in [0.15, 0.2) is 0 Å². The molecule has 0 heterocycles. The largest absolute Gasteiger partial charge is 0.399 e. The van der Waals surface area contributed by atoms with Crippen LogP contribution in [0.3, 0.4) is 0 Å². The Morgan fingerprint density at radius 1 is 1.40 bits per heavy atom. The van der Waals surface area contributed by atoms with E-state index in [4.69, 9.17) is 11.5 Å². The van der Waals surface area contributed by atoms with Crippen LogP contribution in [0.15, 0.2) is 22.7 Å². The minimum atomic E-state index is -0.520. The van der Waals surface area contributed by atoms with E-state index in [0.29, 0.717) is 18.8 Å². The molecule has 6 heteroatoms. The lowest BCUT2D eigenvalue weighted by Crippen LogP contribution is -2.33. The summed E-state index contributed by atoms with van der Waals surface area (Å²) in [5.74, 6) is 0. The van der Waals surface area contributed by atoms with Gasteiger partial charge >= 0.3 is 6.03 Å². The Morgan fingerprint density at radius 2 is 2.13 bits per heavy atom. The van der Waals surface area contributed by atoms with Crippen molar-refractivity contribution in [1.82, 2.24) is 5.32 Å². The number of urea groups is 1. The van der Waals surface area contributed by atoms with Gasteiger partial charge in [-0.15, -0.1) is 0 Å².